The summed E-state index contributed by atoms with van der Waals surface area (Å²) in [6.07, 6.45) is 2.04. The van der Waals surface area contributed by atoms with E-state index in [-0.39, 0.29) is 0 Å². The van der Waals surface area contributed by atoms with Gasteiger partial charge in [0.15, 0.2) is 0 Å². The Kier molecular flexibility index (Phi) is 3.21. The summed E-state index contributed by atoms with van der Waals surface area (Å²) in [7, 11) is 0. The molecule has 3 heteroatoms. The van der Waals surface area contributed by atoms with Gasteiger partial charge in [-0.1, -0.05) is 6.08 Å². The second-order valence-corrected chi connectivity index (χ2v) is 4.36. The summed E-state index contributed by atoms with van der Waals surface area (Å²) in [4.78, 5) is 5.12. The van der Waals surface area contributed by atoms with Gasteiger partial charge in [0.2, 0.25) is 0 Å². The lowest BCUT2D eigenvalue weighted by Crippen LogP contribution is -2.62. The number of hydrogen-bond donors (Lipinski definition) is 1. The molecule has 2 aliphatic rings. The minimum Gasteiger partial charge on any atom is -0.314 e. The lowest BCUT2D eigenvalue weighted by atomic mass is 10.1. The van der Waals surface area contributed by atoms with Crippen LogP contribution in [0.1, 0.15) is 6.92 Å². The molecule has 0 amide bonds. The number of hydrogen-bond acceptors (Lipinski definition) is 3. The van der Waals surface area contributed by atoms with Crippen molar-refractivity contribution in [1.82, 2.24) is 15.1 Å². The number of nitrogens with one attached hydrogen (secondary N) is 1. The zero-order chi connectivity index (χ0) is 9.97. The van der Waals surface area contributed by atoms with Crippen molar-refractivity contribution in [3.05, 3.63) is 12.7 Å². The Balaban J connectivity index is 1.76. The van der Waals surface area contributed by atoms with E-state index in [2.05, 4.69) is 28.6 Å². The van der Waals surface area contributed by atoms with Gasteiger partial charge in [-0.05, 0) is 6.92 Å². The molecule has 0 aromatic heterocycles. The monoisotopic (exact) mass is 195 g/mol. The molecule has 1 N–H and O–H groups in total. The molecule has 0 radical (unpaired) electrons. The second-order valence-electron chi connectivity index (χ2n) is 4.36. The molecule has 2 heterocycles. The van der Waals surface area contributed by atoms with Crippen molar-refractivity contribution in [1.29, 1.82) is 0 Å². The highest BCUT2D eigenvalue weighted by atomic mass is 15.3. The van der Waals surface area contributed by atoms with Crippen LogP contribution in [-0.4, -0.2) is 61.2 Å². The van der Waals surface area contributed by atoms with E-state index in [4.69, 9.17) is 0 Å². The molecule has 1 unspecified atom stereocenters. The van der Waals surface area contributed by atoms with Crippen molar-refractivity contribution in [3.63, 3.8) is 0 Å². The Hall–Kier alpha value is -0.380. The quantitative estimate of drug-likeness (QED) is 0.647. The highest BCUT2D eigenvalue weighted by Crippen LogP contribution is 2.11. The van der Waals surface area contributed by atoms with Crippen LogP contribution >= 0.6 is 0 Å². The maximum absolute atomic E-state index is 3.85. The molecule has 0 bridgehead atoms. The van der Waals surface area contributed by atoms with Gasteiger partial charge >= 0.3 is 0 Å². The first kappa shape index (κ1) is 10.1. The molecule has 2 aliphatic heterocycles. The molecule has 14 heavy (non-hydrogen) atoms. The Morgan fingerprint density at radius 2 is 1.93 bits per heavy atom. The predicted molar refractivity (Wildman–Crippen MR) is 59.5 cm³/mol. The van der Waals surface area contributed by atoms with Crippen molar-refractivity contribution in [2.75, 3.05) is 39.3 Å². The minimum atomic E-state index is 0.539. The summed E-state index contributed by atoms with van der Waals surface area (Å²) >= 11 is 0. The highest BCUT2D eigenvalue weighted by molar-refractivity contribution is 4.91. The summed E-state index contributed by atoms with van der Waals surface area (Å²) in [5.74, 6) is 0. The number of rotatable bonds is 3. The van der Waals surface area contributed by atoms with Gasteiger partial charge in [-0.2, -0.15) is 0 Å². The molecule has 0 spiro atoms. The SMILES string of the molecule is C=CC(C)N1CCN(C2CNC2)CC1. The molecule has 3 nitrogen and oxygen atoms in total. The van der Waals surface area contributed by atoms with Gasteiger partial charge in [-0.3, -0.25) is 9.80 Å². The van der Waals surface area contributed by atoms with E-state index >= 15 is 0 Å². The van der Waals surface area contributed by atoms with Gasteiger partial charge in [0.05, 0.1) is 0 Å². The summed E-state index contributed by atoms with van der Waals surface area (Å²) < 4.78 is 0. The van der Waals surface area contributed by atoms with Gasteiger partial charge in [0.25, 0.3) is 0 Å². The molecule has 0 saturated carbocycles. The largest absolute Gasteiger partial charge is 0.314 e. The standard InChI is InChI=1S/C11H21N3/c1-3-10(2)13-4-6-14(7-5-13)11-8-12-9-11/h3,10-12H,1,4-9H2,2H3. The lowest BCUT2D eigenvalue weighted by molar-refractivity contribution is 0.0641. The smallest absolute Gasteiger partial charge is 0.0346 e. The third-order valence-electron chi connectivity index (χ3n) is 3.54. The molecular formula is C11H21N3. The molecular weight excluding hydrogens is 174 g/mol. The van der Waals surface area contributed by atoms with E-state index in [1.54, 1.807) is 0 Å². The van der Waals surface area contributed by atoms with Gasteiger partial charge in [-0.15, -0.1) is 6.58 Å². The van der Waals surface area contributed by atoms with Crippen LogP contribution in [0, 0.1) is 0 Å². The summed E-state index contributed by atoms with van der Waals surface area (Å²) in [5.41, 5.74) is 0. The average Bonchev–Trinajstić information content (AvgIpc) is 2.15. The molecule has 2 saturated heterocycles. The maximum atomic E-state index is 3.85. The molecule has 0 aromatic rings. The lowest BCUT2D eigenvalue weighted by Gasteiger charge is -2.44. The average molecular weight is 195 g/mol. The summed E-state index contributed by atoms with van der Waals surface area (Å²) in [6.45, 7) is 13.3. The summed E-state index contributed by atoms with van der Waals surface area (Å²) in [5, 5.41) is 3.33. The van der Waals surface area contributed by atoms with Crippen molar-refractivity contribution >= 4 is 0 Å². The highest BCUT2D eigenvalue weighted by Gasteiger charge is 2.28. The second kappa shape index (κ2) is 4.43. The normalized spacial score (nSPS) is 28.4. The Morgan fingerprint density at radius 1 is 1.29 bits per heavy atom. The van der Waals surface area contributed by atoms with Crippen LogP contribution in [0.2, 0.25) is 0 Å². The maximum Gasteiger partial charge on any atom is 0.0346 e. The van der Waals surface area contributed by atoms with Gasteiger partial charge in [0.1, 0.15) is 0 Å². The molecule has 0 aromatic carbocycles. The Bertz CT molecular complexity index is 193. The van der Waals surface area contributed by atoms with Gasteiger partial charge in [0, 0.05) is 51.4 Å². The molecule has 2 rings (SSSR count). The number of piperazine rings is 1. The molecule has 0 aliphatic carbocycles. The van der Waals surface area contributed by atoms with E-state index in [0.29, 0.717) is 6.04 Å². The molecule has 2 fully saturated rings. The van der Waals surface area contributed by atoms with E-state index in [0.717, 1.165) is 6.04 Å². The van der Waals surface area contributed by atoms with Crippen LogP contribution < -0.4 is 5.32 Å². The third-order valence-corrected chi connectivity index (χ3v) is 3.54. The van der Waals surface area contributed by atoms with Crippen LogP contribution in [0.3, 0.4) is 0 Å². The van der Waals surface area contributed by atoms with Crippen LogP contribution in [-0.2, 0) is 0 Å². The fourth-order valence-electron chi connectivity index (χ4n) is 2.19. The van der Waals surface area contributed by atoms with E-state index in [1.165, 1.54) is 39.3 Å². The molecule has 80 valence electrons. The van der Waals surface area contributed by atoms with Gasteiger partial charge in [-0.25, -0.2) is 0 Å². The van der Waals surface area contributed by atoms with Crippen molar-refractivity contribution in [3.8, 4) is 0 Å². The third kappa shape index (κ3) is 2.00. The van der Waals surface area contributed by atoms with Gasteiger partial charge < -0.3 is 5.32 Å². The zero-order valence-electron chi connectivity index (χ0n) is 9.08. The van der Waals surface area contributed by atoms with Crippen LogP contribution in [0.25, 0.3) is 0 Å². The topological polar surface area (TPSA) is 18.5 Å². The van der Waals surface area contributed by atoms with Crippen molar-refractivity contribution < 1.29 is 0 Å². The van der Waals surface area contributed by atoms with Crippen LogP contribution in [0.15, 0.2) is 12.7 Å². The van der Waals surface area contributed by atoms with E-state index < -0.39 is 0 Å². The zero-order valence-corrected chi connectivity index (χ0v) is 9.08. The fourth-order valence-corrected chi connectivity index (χ4v) is 2.19. The predicted octanol–water partition coefficient (Wildman–Crippen LogP) is 0.150. The summed E-state index contributed by atoms with van der Waals surface area (Å²) in [6, 6.07) is 1.35. The van der Waals surface area contributed by atoms with Crippen molar-refractivity contribution in [2.45, 2.75) is 19.0 Å². The number of nitrogens with zero attached hydrogens (tertiary/aromatic N) is 2. The van der Waals surface area contributed by atoms with E-state index in [9.17, 15) is 0 Å². The van der Waals surface area contributed by atoms with Crippen molar-refractivity contribution in [2.24, 2.45) is 0 Å². The first-order valence-corrected chi connectivity index (χ1v) is 5.62. The first-order valence-electron chi connectivity index (χ1n) is 5.62. The van der Waals surface area contributed by atoms with E-state index in [1.807, 2.05) is 6.08 Å². The first-order chi connectivity index (χ1) is 6.81. The minimum absolute atomic E-state index is 0.539. The fraction of sp³-hybridized carbons (Fsp3) is 0.818. The Labute approximate surface area is 86.8 Å². The van der Waals surface area contributed by atoms with Crippen LogP contribution in [0.5, 0.6) is 0 Å². The van der Waals surface area contributed by atoms with Crippen LogP contribution in [0.4, 0.5) is 0 Å². The molecule has 1 atom stereocenters. The Morgan fingerprint density at radius 3 is 2.36 bits per heavy atom.